The topological polar surface area (TPSA) is 135 Å². The second-order valence-electron chi connectivity index (χ2n) is 6.35. The number of aromatic amines is 1. The number of aliphatic hydroxyl groups excluding tert-OH is 1. The van der Waals surface area contributed by atoms with E-state index in [2.05, 4.69) is 15.4 Å². The van der Waals surface area contributed by atoms with E-state index in [-0.39, 0.29) is 37.0 Å². The van der Waals surface area contributed by atoms with Crippen LogP contribution >= 0.6 is 0 Å². The van der Waals surface area contributed by atoms with Gasteiger partial charge in [0.15, 0.2) is 6.61 Å². The van der Waals surface area contributed by atoms with Crippen LogP contribution in [0.15, 0.2) is 53.3 Å². The van der Waals surface area contributed by atoms with Gasteiger partial charge in [0.25, 0.3) is 11.5 Å². The number of aromatic nitrogens is 3. The minimum Gasteiger partial charge on any atom is -0.482 e. The van der Waals surface area contributed by atoms with E-state index in [1.807, 2.05) is 18.2 Å². The van der Waals surface area contributed by atoms with E-state index in [0.29, 0.717) is 27.9 Å². The molecule has 0 spiro atoms. The number of aliphatic hydroxyl groups is 1. The molecular weight excluding hydrogens is 374 g/mol. The summed E-state index contributed by atoms with van der Waals surface area (Å²) in [5, 5.41) is 16.9. The lowest BCUT2D eigenvalue weighted by atomic mass is 10.1. The van der Waals surface area contributed by atoms with Crippen LogP contribution in [0.1, 0.15) is 0 Å². The number of hydrogen-bond donors (Lipinski definition) is 4. The lowest BCUT2D eigenvalue weighted by Crippen LogP contribution is -2.31. The lowest BCUT2D eigenvalue weighted by Gasteiger charge is -2.12. The molecule has 2 heterocycles. The normalized spacial score (nSPS) is 11.1. The number of ether oxygens (including phenoxy) is 1. The first kappa shape index (κ1) is 18.5. The first-order valence-electron chi connectivity index (χ1n) is 8.99. The molecule has 148 valence electrons. The van der Waals surface area contributed by atoms with Gasteiger partial charge in [0.1, 0.15) is 28.2 Å². The Morgan fingerprint density at radius 3 is 2.79 bits per heavy atom. The Balaban J connectivity index is 1.79. The van der Waals surface area contributed by atoms with Crippen molar-refractivity contribution in [1.29, 1.82) is 0 Å². The van der Waals surface area contributed by atoms with Crippen molar-refractivity contribution in [3.63, 3.8) is 0 Å². The molecule has 0 aliphatic carbocycles. The van der Waals surface area contributed by atoms with Crippen LogP contribution in [0.3, 0.4) is 0 Å². The monoisotopic (exact) mass is 393 g/mol. The maximum Gasteiger partial charge on any atom is 0.261 e. The van der Waals surface area contributed by atoms with Crippen LogP contribution in [-0.4, -0.2) is 45.5 Å². The van der Waals surface area contributed by atoms with Crippen LogP contribution in [0.25, 0.3) is 27.5 Å². The molecule has 4 rings (SSSR count). The summed E-state index contributed by atoms with van der Waals surface area (Å²) in [6.07, 6.45) is 0. The summed E-state index contributed by atoms with van der Waals surface area (Å²) >= 11 is 0. The van der Waals surface area contributed by atoms with E-state index in [1.54, 1.807) is 30.3 Å². The number of nitrogens with two attached hydrogens (primary N) is 1. The summed E-state index contributed by atoms with van der Waals surface area (Å²) in [6.45, 7) is -0.236. The standard InChI is InChI=1S/C20H19N5O4/c21-19-17-18(12-5-1-2-6-13(12)23-20(17)28)24-25(19)14-7-3-4-8-15(14)29-11-16(27)22-9-10-26/h1-8,26H,9-11,21H2,(H,22,27)(H,23,28). The third kappa shape index (κ3) is 3.39. The molecule has 2 aromatic carbocycles. The van der Waals surface area contributed by atoms with Gasteiger partial charge >= 0.3 is 0 Å². The van der Waals surface area contributed by atoms with Crippen molar-refractivity contribution in [3.05, 3.63) is 58.9 Å². The predicted octanol–water partition coefficient (Wildman–Crippen LogP) is 0.936. The predicted molar refractivity (Wildman–Crippen MR) is 109 cm³/mol. The molecule has 4 aromatic rings. The van der Waals surface area contributed by atoms with Crippen molar-refractivity contribution < 1.29 is 14.6 Å². The minimum absolute atomic E-state index is 0.150. The summed E-state index contributed by atoms with van der Waals surface area (Å²) in [6, 6.07) is 14.3. The molecule has 0 fully saturated rings. The average molecular weight is 393 g/mol. The fraction of sp³-hybridized carbons (Fsp3) is 0.150. The van der Waals surface area contributed by atoms with Crippen LogP contribution in [-0.2, 0) is 4.79 Å². The summed E-state index contributed by atoms with van der Waals surface area (Å²) in [5.74, 6) is 0.189. The molecule has 5 N–H and O–H groups in total. The number of carbonyl (C=O) groups excluding carboxylic acids is 1. The Morgan fingerprint density at radius 2 is 1.97 bits per heavy atom. The Kier molecular flexibility index (Phi) is 4.88. The molecule has 2 aromatic heterocycles. The van der Waals surface area contributed by atoms with Crippen molar-refractivity contribution in [1.82, 2.24) is 20.1 Å². The van der Waals surface area contributed by atoms with Crippen molar-refractivity contribution in [2.75, 3.05) is 25.5 Å². The number of rotatable bonds is 6. The zero-order valence-electron chi connectivity index (χ0n) is 15.4. The third-order valence-corrected chi connectivity index (χ3v) is 4.46. The van der Waals surface area contributed by atoms with E-state index in [1.165, 1.54) is 4.68 Å². The van der Waals surface area contributed by atoms with E-state index in [0.717, 1.165) is 5.39 Å². The minimum atomic E-state index is -0.366. The molecule has 0 saturated heterocycles. The van der Waals surface area contributed by atoms with Gasteiger partial charge in [-0.25, -0.2) is 4.68 Å². The van der Waals surface area contributed by atoms with Gasteiger partial charge in [-0.15, -0.1) is 0 Å². The molecule has 0 bridgehead atoms. The fourth-order valence-electron chi connectivity index (χ4n) is 3.15. The van der Waals surface area contributed by atoms with Crippen molar-refractivity contribution in [3.8, 4) is 11.4 Å². The highest BCUT2D eigenvalue weighted by Gasteiger charge is 2.18. The highest BCUT2D eigenvalue weighted by molar-refractivity contribution is 6.06. The summed E-state index contributed by atoms with van der Waals surface area (Å²) in [5.41, 5.74) is 7.59. The largest absolute Gasteiger partial charge is 0.482 e. The molecule has 0 aliphatic rings. The number of carbonyl (C=O) groups is 1. The first-order chi connectivity index (χ1) is 14.1. The summed E-state index contributed by atoms with van der Waals surface area (Å²) in [7, 11) is 0. The van der Waals surface area contributed by atoms with Crippen LogP contribution in [0.4, 0.5) is 5.82 Å². The van der Waals surface area contributed by atoms with Gasteiger partial charge in [-0.1, -0.05) is 30.3 Å². The number of fused-ring (bicyclic) bond motifs is 3. The van der Waals surface area contributed by atoms with Gasteiger partial charge in [-0.05, 0) is 18.2 Å². The van der Waals surface area contributed by atoms with Crippen molar-refractivity contribution >= 4 is 33.5 Å². The van der Waals surface area contributed by atoms with Crippen molar-refractivity contribution in [2.45, 2.75) is 0 Å². The lowest BCUT2D eigenvalue weighted by molar-refractivity contribution is -0.123. The van der Waals surface area contributed by atoms with E-state index >= 15 is 0 Å². The first-order valence-corrected chi connectivity index (χ1v) is 8.99. The number of hydrogen-bond acceptors (Lipinski definition) is 6. The number of nitrogens with one attached hydrogen (secondary N) is 2. The molecule has 9 heteroatoms. The van der Waals surface area contributed by atoms with Gasteiger partial charge in [0, 0.05) is 11.9 Å². The number of H-pyrrole nitrogens is 1. The van der Waals surface area contributed by atoms with Gasteiger partial charge in [0.05, 0.1) is 12.1 Å². The smallest absolute Gasteiger partial charge is 0.261 e. The van der Waals surface area contributed by atoms with E-state index in [4.69, 9.17) is 15.6 Å². The zero-order chi connectivity index (χ0) is 20.4. The highest BCUT2D eigenvalue weighted by Crippen LogP contribution is 2.30. The van der Waals surface area contributed by atoms with Gasteiger partial charge in [0.2, 0.25) is 0 Å². The maximum atomic E-state index is 12.6. The van der Waals surface area contributed by atoms with Crippen molar-refractivity contribution in [2.24, 2.45) is 0 Å². The van der Waals surface area contributed by atoms with Crippen LogP contribution < -0.4 is 21.3 Å². The molecule has 29 heavy (non-hydrogen) atoms. The third-order valence-electron chi connectivity index (χ3n) is 4.46. The van der Waals surface area contributed by atoms with E-state index in [9.17, 15) is 9.59 Å². The average Bonchev–Trinajstić information content (AvgIpc) is 3.09. The van der Waals surface area contributed by atoms with Crippen LogP contribution in [0.5, 0.6) is 5.75 Å². The maximum absolute atomic E-state index is 12.6. The fourth-order valence-corrected chi connectivity index (χ4v) is 3.15. The number of benzene rings is 2. The summed E-state index contributed by atoms with van der Waals surface area (Å²) in [4.78, 5) is 27.2. The Labute approximate surface area is 164 Å². The second-order valence-corrected chi connectivity index (χ2v) is 6.35. The Hall–Kier alpha value is -3.85. The molecule has 9 nitrogen and oxygen atoms in total. The molecular formula is C20H19N5O4. The van der Waals surface area contributed by atoms with Gasteiger partial charge < -0.3 is 25.9 Å². The second kappa shape index (κ2) is 7.64. The molecule has 0 atom stereocenters. The van der Waals surface area contributed by atoms with Gasteiger partial charge in [-0.3, -0.25) is 9.59 Å². The molecule has 1 amide bonds. The number of amides is 1. The number of anilines is 1. The number of nitrogen functional groups attached to an aromatic ring is 1. The molecule has 0 unspecified atom stereocenters. The number of nitrogens with zero attached hydrogens (tertiary/aromatic N) is 2. The molecule has 0 aliphatic heterocycles. The molecule has 0 saturated carbocycles. The van der Waals surface area contributed by atoms with E-state index < -0.39 is 0 Å². The number of para-hydroxylation sites is 3. The van der Waals surface area contributed by atoms with Gasteiger partial charge in [-0.2, -0.15) is 5.10 Å². The molecule has 0 radical (unpaired) electrons. The quantitative estimate of drug-likeness (QED) is 0.385. The summed E-state index contributed by atoms with van der Waals surface area (Å²) < 4.78 is 7.06. The Morgan fingerprint density at radius 1 is 1.21 bits per heavy atom. The van der Waals surface area contributed by atoms with Crippen LogP contribution in [0.2, 0.25) is 0 Å². The SMILES string of the molecule is Nc1c2c(=O)[nH]c3ccccc3c2nn1-c1ccccc1OCC(=O)NCCO. The van der Waals surface area contributed by atoms with Crippen LogP contribution in [0, 0.1) is 0 Å². The Bertz CT molecular complexity index is 1260. The zero-order valence-corrected chi connectivity index (χ0v) is 15.4. The number of pyridine rings is 1. The highest BCUT2D eigenvalue weighted by atomic mass is 16.5.